The summed E-state index contributed by atoms with van der Waals surface area (Å²) in [6.45, 7) is 2.81. The van der Waals surface area contributed by atoms with Gasteiger partial charge in [0.25, 0.3) is 5.91 Å². The van der Waals surface area contributed by atoms with Gasteiger partial charge in [-0.05, 0) is 42.8 Å². The number of halogens is 1. The molecule has 0 aromatic heterocycles. The molecule has 0 aliphatic rings. The maximum absolute atomic E-state index is 11.9. The van der Waals surface area contributed by atoms with Crippen LogP contribution in [-0.2, 0) is 4.79 Å². The van der Waals surface area contributed by atoms with Crippen LogP contribution in [0.5, 0.6) is 11.5 Å². The maximum atomic E-state index is 11.9. The van der Waals surface area contributed by atoms with Crippen LogP contribution in [0.3, 0.4) is 0 Å². The SMILES string of the molecule is CCCCCOc1cccc(OCC(=O)Nc2ccc(Br)cc2)c1. The van der Waals surface area contributed by atoms with Crippen LogP contribution in [0.15, 0.2) is 53.0 Å². The smallest absolute Gasteiger partial charge is 0.262 e. The van der Waals surface area contributed by atoms with E-state index in [1.165, 1.54) is 6.42 Å². The maximum Gasteiger partial charge on any atom is 0.262 e. The summed E-state index contributed by atoms with van der Waals surface area (Å²) in [7, 11) is 0. The van der Waals surface area contributed by atoms with E-state index in [0.29, 0.717) is 12.4 Å². The second-order valence-electron chi connectivity index (χ2n) is 5.37. The predicted molar refractivity (Wildman–Crippen MR) is 99.7 cm³/mol. The Morgan fingerprint density at radius 2 is 1.75 bits per heavy atom. The molecule has 4 nitrogen and oxygen atoms in total. The number of amides is 1. The van der Waals surface area contributed by atoms with Gasteiger partial charge in [0.15, 0.2) is 6.61 Å². The molecule has 0 unspecified atom stereocenters. The molecule has 0 bridgehead atoms. The van der Waals surface area contributed by atoms with Crippen molar-refractivity contribution in [1.82, 2.24) is 0 Å². The predicted octanol–water partition coefficient (Wildman–Crippen LogP) is 5.04. The lowest BCUT2D eigenvalue weighted by Gasteiger charge is -2.10. The lowest BCUT2D eigenvalue weighted by molar-refractivity contribution is -0.118. The van der Waals surface area contributed by atoms with Crippen molar-refractivity contribution in [1.29, 1.82) is 0 Å². The Morgan fingerprint density at radius 1 is 1.04 bits per heavy atom. The number of unbranched alkanes of at least 4 members (excludes halogenated alkanes) is 2. The quantitative estimate of drug-likeness (QED) is 0.609. The van der Waals surface area contributed by atoms with Gasteiger partial charge < -0.3 is 14.8 Å². The van der Waals surface area contributed by atoms with E-state index >= 15 is 0 Å². The summed E-state index contributed by atoms with van der Waals surface area (Å²) in [6.07, 6.45) is 3.36. The fourth-order valence-corrected chi connectivity index (χ4v) is 2.34. The average Bonchev–Trinajstić information content (AvgIpc) is 2.59. The third-order valence-corrected chi connectivity index (χ3v) is 3.85. The van der Waals surface area contributed by atoms with Crippen LogP contribution >= 0.6 is 15.9 Å². The van der Waals surface area contributed by atoms with Gasteiger partial charge in [-0.25, -0.2) is 0 Å². The van der Waals surface area contributed by atoms with Crippen LogP contribution < -0.4 is 14.8 Å². The first-order chi connectivity index (χ1) is 11.7. The number of hydrogen-bond donors (Lipinski definition) is 1. The Morgan fingerprint density at radius 3 is 2.46 bits per heavy atom. The lowest BCUT2D eigenvalue weighted by atomic mass is 10.3. The van der Waals surface area contributed by atoms with E-state index in [4.69, 9.17) is 9.47 Å². The number of benzene rings is 2. The second kappa shape index (κ2) is 9.98. The first-order valence-electron chi connectivity index (χ1n) is 8.08. The topological polar surface area (TPSA) is 47.6 Å². The van der Waals surface area contributed by atoms with Crippen molar-refractivity contribution in [2.45, 2.75) is 26.2 Å². The molecular weight excluding hydrogens is 370 g/mol. The molecule has 0 spiro atoms. The van der Waals surface area contributed by atoms with Crippen molar-refractivity contribution in [2.75, 3.05) is 18.5 Å². The van der Waals surface area contributed by atoms with Gasteiger partial charge in [0.1, 0.15) is 11.5 Å². The molecular formula is C19H22BrNO3. The fraction of sp³-hybridized carbons (Fsp3) is 0.316. The minimum atomic E-state index is -0.202. The van der Waals surface area contributed by atoms with Gasteiger partial charge in [0.05, 0.1) is 6.61 Å². The molecule has 2 rings (SSSR count). The number of ether oxygens (including phenoxy) is 2. The Hall–Kier alpha value is -2.01. The van der Waals surface area contributed by atoms with Crippen molar-refractivity contribution in [3.63, 3.8) is 0 Å². The molecule has 5 heteroatoms. The zero-order valence-electron chi connectivity index (χ0n) is 13.8. The Bertz CT molecular complexity index is 643. The fourth-order valence-electron chi connectivity index (χ4n) is 2.08. The minimum absolute atomic E-state index is 0.0463. The van der Waals surface area contributed by atoms with Crippen LogP contribution in [0.1, 0.15) is 26.2 Å². The van der Waals surface area contributed by atoms with E-state index in [0.717, 1.165) is 28.8 Å². The third kappa shape index (κ3) is 6.62. The molecule has 0 radical (unpaired) electrons. The Balaban J connectivity index is 1.78. The monoisotopic (exact) mass is 391 g/mol. The zero-order chi connectivity index (χ0) is 17.2. The number of hydrogen-bond acceptors (Lipinski definition) is 3. The van der Waals surface area contributed by atoms with Crippen LogP contribution in [0.25, 0.3) is 0 Å². The van der Waals surface area contributed by atoms with Crippen molar-refractivity contribution >= 4 is 27.5 Å². The molecule has 0 atom stereocenters. The van der Waals surface area contributed by atoms with E-state index < -0.39 is 0 Å². The molecule has 2 aromatic rings. The van der Waals surface area contributed by atoms with Crippen molar-refractivity contribution in [3.8, 4) is 11.5 Å². The highest BCUT2D eigenvalue weighted by Crippen LogP contribution is 2.20. The summed E-state index contributed by atoms with van der Waals surface area (Å²) in [5.41, 5.74) is 0.736. The highest BCUT2D eigenvalue weighted by molar-refractivity contribution is 9.10. The highest BCUT2D eigenvalue weighted by Gasteiger charge is 2.05. The second-order valence-corrected chi connectivity index (χ2v) is 6.29. The van der Waals surface area contributed by atoms with Crippen LogP contribution in [-0.4, -0.2) is 19.1 Å². The van der Waals surface area contributed by atoms with Crippen molar-refractivity contribution in [2.24, 2.45) is 0 Å². The largest absolute Gasteiger partial charge is 0.493 e. The minimum Gasteiger partial charge on any atom is -0.493 e. The number of carbonyl (C=O) groups is 1. The molecule has 0 aliphatic heterocycles. The van der Waals surface area contributed by atoms with Gasteiger partial charge in [0.2, 0.25) is 0 Å². The number of rotatable bonds is 9. The number of anilines is 1. The third-order valence-electron chi connectivity index (χ3n) is 3.32. The van der Waals surface area contributed by atoms with Gasteiger partial charge in [-0.15, -0.1) is 0 Å². The van der Waals surface area contributed by atoms with Crippen LogP contribution in [0.4, 0.5) is 5.69 Å². The molecule has 24 heavy (non-hydrogen) atoms. The highest BCUT2D eigenvalue weighted by atomic mass is 79.9. The summed E-state index contributed by atoms with van der Waals surface area (Å²) in [5.74, 6) is 1.18. The first-order valence-corrected chi connectivity index (χ1v) is 8.88. The van der Waals surface area contributed by atoms with E-state index in [2.05, 4.69) is 28.2 Å². The molecule has 0 saturated carbocycles. The van der Waals surface area contributed by atoms with Gasteiger partial charge in [-0.3, -0.25) is 4.79 Å². The summed E-state index contributed by atoms with van der Waals surface area (Å²) in [6, 6.07) is 14.8. The van der Waals surface area contributed by atoms with Crippen molar-refractivity contribution < 1.29 is 14.3 Å². The molecule has 0 saturated heterocycles. The summed E-state index contributed by atoms with van der Waals surface area (Å²) in [5, 5.41) is 2.79. The molecule has 1 amide bonds. The van der Waals surface area contributed by atoms with E-state index in [1.807, 2.05) is 42.5 Å². The number of carbonyl (C=O) groups excluding carboxylic acids is 1. The van der Waals surface area contributed by atoms with Gasteiger partial charge >= 0.3 is 0 Å². The number of nitrogens with one attached hydrogen (secondary N) is 1. The molecule has 0 heterocycles. The van der Waals surface area contributed by atoms with Gasteiger partial charge in [-0.2, -0.15) is 0 Å². The molecule has 0 aliphatic carbocycles. The molecule has 1 N–H and O–H groups in total. The molecule has 128 valence electrons. The average molecular weight is 392 g/mol. The normalized spacial score (nSPS) is 10.2. The molecule has 0 fully saturated rings. The summed E-state index contributed by atoms with van der Waals surface area (Å²) >= 11 is 3.36. The summed E-state index contributed by atoms with van der Waals surface area (Å²) in [4.78, 5) is 11.9. The van der Waals surface area contributed by atoms with Gasteiger partial charge in [-0.1, -0.05) is 41.8 Å². The van der Waals surface area contributed by atoms with Crippen LogP contribution in [0, 0.1) is 0 Å². The van der Waals surface area contributed by atoms with E-state index in [1.54, 1.807) is 6.07 Å². The zero-order valence-corrected chi connectivity index (χ0v) is 15.3. The van der Waals surface area contributed by atoms with E-state index in [-0.39, 0.29) is 12.5 Å². The Kier molecular flexibility index (Phi) is 7.62. The Labute approximate surface area is 151 Å². The van der Waals surface area contributed by atoms with Crippen molar-refractivity contribution in [3.05, 3.63) is 53.0 Å². The molecule has 2 aromatic carbocycles. The lowest BCUT2D eigenvalue weighted by Crippen LogP contribution is -2.20. The van der Waals surface area contributed by atoms with Crippen LogP contribution in [0.2, 0.25) is 0 Å². The summed E-state index contributed by atoms with van der Waals surface area (Å²) < 4.78 is 12.2. The van der Waals surface area contributed by atoms with E-state index in [9.17, 15) is 4.79 Å². The first kappa shape index (κ1) is 18.3. The standard InChI is InChI=1S/C19H22BrNO3/c1-2-3-4-12-23-17-6-5-7-18(13-17)24-14-19(22)21-16-10-8-15(20)9-11-16/h5-11,13H,2-4,12,14H2,1H3,(H,21,22). The van der Waals surface area contributed by atoms with Gasteiger partial charge in [0, 0.05) is 16.2 Å².